The maximum Gasteiger partial charge on any atom is 0.230 e. The van der Waals surface area contributed by atoms with E-state index in [1.165, 1.54) is 11.3 Å². The number of nitrogens with zero attached hydrogens (tertiary/aromatic N) is 6. The SMILES string of the molecule is Cc1nn(C)c(C)c1CC(C)c1nc(-c2cn(C)nc2C(C)C)no1. The smallest absolute Gasteiger partial charge is 0.230 e. The van der Waals surface area contributed by atoms with Crippen molar-refractivity contribution in [1.29, 1.82) is 0 Å². The molecule has 1 unspecified atom stereocenters. The highest BCUT2D eigenvalue weighted by molar-refractivity contribution is 5.57. The fourth-order valence-corrected chi connectivity index (χ4v) is 3.16. The highest BCUT2D eigenvalue weighted by Crippen LogP contribution is 2.28. The molecule has 0 fully saturated rings. The summed E-state index contributed by atoms with van der Waals surface area (Å²) >= 11 is 0. The summed E-state index contributed by atoms with van der Waals surface area (Å²) in [6.07, 6.45) is 2.78. The Kier molecular flexibility index (Phi) is 4.49. The van der Waals surface area contributed by atoms with Crippen molar-refractivity contribution in [1.82, 2.24) is 29.7 Å². The molecule has 0 aliphatic heterocycles. The highest BCUT2D eigenvalue weighted by Gasteiger charge is 2.22. The van der Waals surface area contributed by atoms with Crippen molar-refractivity contribution in [2.45, 2.75) is 52.9 Å². The van der Waals surface area contributed by atoms with Gasteiger partial charge in [-0.25, -0.2) is 0 Å². The Hall–Kier alpha value is -2.44. The second-order valence-corrected chi connectivity index (χ2v) is 7.09. The second-order valence-electron chi connectivity index (χ2n) is 7.09. The first-order valence-electron chi connectivity index (χ1n) is 8.64. The molecular weight excluding hydrogens is 316 g/mol. The van der Waals surface area contributed by atoms with Crippen LogP contribution in [-0.2, 0) is 20.5 Å². The van der Waals surface area contributed by atoms with E-state index in [9.17, 15) is 0 Å². The molecule has 25 heavy (non-hydrogen) atoms. The number of hydrogen-bond donors (Lipinski definition) is 0. The van der Waals surface area contributed by atoms with Crippen LogP contribution in [0.1, 0.15) is 61.1 Å². The van der Waals surface area contributed by atoms with Crippen LogP contribution < -0.4 is 0 Å². The van der Waals surface area contributed by atoms with Gasteiger partial charge in [0.15, 0.2) is 0 Å². The number of aryl methyl sites for hydroxylation is 3. The molecule has 0 spiro atoms. The zero-order valence-electron chi connectivity index (χ0n) is 16.0. The lowest BCUT2D eigenvalue weighted by Crippen LogP contribution is -2.02. The summed E-state index contributed by atoms with van der Waals surface area (Å²) in [6, 6.07) is 0. The van der Waals surface area contributed by atoms with Crippen molar-refractivity contribution in [3.63, 3.8) is 0 Å². The molecule has 3 heterocycles. The number of hydrogen-bond acceptors (Lipinski definition) is 5. The molecule has 0 aliphatic carbocycles. The van der Waals surface area contributed by atoms with E-state index in [-0.39, 0.29) is 5.92 Å². The summed E-state index contributed by atoms with van der Waals surface area (Å²) in [5.74, 6) is 1.69. The summed E-state index contributed by atoms with van der Waals surface area (Å²) < 4.78 is 9.27. The van der Waals surface area contributed by atoms with Crippen LogP contribution in [0.4, 0.5) is 0 Å². The van der Waals surface area contributed by atoms with E-state index in [1.54, 1.807) is 4.68 Å². The van der Waals surface area contributed by atoms with Gasteiger partial charge in [0.25, 0.3) is 0 Å². The molecule has 3 rings (SSSR count). The van der Waals surface area contributed by atoms with Gasteiger partial charge in [0.2, 0.25) is 11.7 Å². The molecule has 0 aliphatic rings. The maximum absolute atomic E-state index is 5.56. The average molecular weight is 342 g/mol. The summed E-state index contributed by atoms with van der Waals surface area (Å²) in [6.45, 7) is 10.5. The van der Waals surface area contributed by atoms with Gasteiger partial charge in [-0.15, -0.1) is 0 Å². The monoisotopic (exact) mass is 342 g/mol. The molecule has 1 atom stereocenters. The average Bonchev–Trinajstić information content (AvgIpc) is 3.22. The molecule has 7 nitrogen and oxygen atoms in total. The van der Waals surface area contributed by atoms with Crippen LogP contribution in [0.15, 0.2) is 10.7 Å². The van der Waals surface area contributed by atoms with Crippen molar-refractivity contribution in [2.75, 3.05) is 0 Å². The van der Waals surface area contributed by atoms with E-state index < -0.39 is 0 Å². The number of rotatable bonds is 5. The first kappa shape index (κ1) is 17.4. The lowest BCUT2D eigenvalue weighted by Gasteiger charge is -2.07. The zero-order valence-corrected chi connectivity index (χ0v) is 16.0. The Morgan fingerprint density at radius 2 is 1.84 bits per heavy atom. The van der Waals surface area contributed by atoms with Gasteiger partial charge < -0.3 is 4.52 Å². The van der Waals surface area contributed by atoms with Crippen molar-refractivity contribution in [3.8, 4) is 11.4 Å². The van der Waals surface area contributed by atoms with E-state index in [0.29, 0.717) is 17.6 Å². The molecule has 0 saturated carbocycles. The summed E-state index contributed by atoms with van der Waals surface area (Å²) in [5.41, 5.74) is 5.41. The third-order valence-electron chi connectivity index (χ3n) is 4.68. The molecule has 0 aromatic carbocycles. The first-order valence-corrected chi connectivity index (χ1v) is 8.64. The van der Waals surface area contributed by atoms with Crippen LogP contribution >= 0.6 is 0 Å². The molecule has 0 N–H and O–H groups in total. The minimum Gasteiger partial charge on any atom is -0.339 e. The fraction of sp³-hybridized carbons (Fsp3) is 0.556. The fourth-order valence-electron chi connectivity index (χ4n) is 3.16. The van der Waals surface area contributed by atoms with Crippen LogP contribution in [-0.4, -0.2) is 29.7 Å². The Balaban J connectivity index is 1.86. The van der Waals surface area contributed by atoms with Gasteiger partial charge in [-0.3, -0.25) is 9.36 Å². The topological polar surface area (TPSA) is 74.6 Å². The maximum atomic E-state index is 5.56. The van der Waals surface area contributed by atoms with E-state index in [1.807, 2.05) is 31.9 Å². The van der Waals surface area contributed by atoms with Crippen LogP contribution in [0.3, 0.4) is 0 Å². The van der Waals surface area contributed by atoms with E-state index in [4.69, 9.17) is 4.52 Å². The zero-order chi connectivity index (χ0) is 18.3. The van der Waals surface area contributed by atoms with E-state index >= 15 is 0 Å². The molecule has 3 aromatic rings. The summed E-state index contributed by atoms with van der Waals surface area (Å²) in [7, 11) is 3.88. The third kappa shape index (κ3) is 3.23. The molecule has 0 bridgehead atoms. The van der Waals surface area contributed by atoms with Gasteiger partial charge in [-0.1, -0.05) is 25.9 Å². The van der Waals surface area contributed by atoms with E-state index in [2.05, 4.69) is 48.0 Å². The molecule has 7 heteroatoms. The van der Waals surface area contributed by atoms with E-state index in [0.717, 1.165) is 23.4 Å². The van der Waals surface area contributed by atoms with Crippen LogP contribution in [0.5, 0.6) is 0 Å². The summed E-state index contributed by atoms with van der Waals surface area (Å²) in [4.78, 5) is 4.64. The van der Waals surface area contributed by atoms with Crippen molar-refractivity contribution in [3.05, 3.63) is 34.7 Å². The predicted octanol–water partition coefficient (Wildman–Crippen LogP) is 3.29. The van der Waals surface area contributed by atoms with Gasteiger partial charge in [-0.05, 0) is 31.7 Å². The molecule has 0 saturated heterocycles. The van der Waals surface area contributed by atoms with Gasteiger partial charge in [0.05, 0.1) is 17.0 Å². The van der Waals surface area contributed by atoms with Crippen LogP contribution in [0, 0.1) is 13.8 Å². The Morgan fingerprint density at radius 1 is 1.12 bits per heavy atom. The molecule has 0 amide bonds. The third-order valence-corrected chi connectivity index (χ3v) is 4.68. The number of aromatic nitrogens is 6. The normalized spacial score (nSPS) is 13.0. The Bertz CT molecular complexity index is 886. The summed E-state index contributed by atoms with van der Waals surface area (Å²) in [5, 5.41) is 13.2. The van der Waals surface area contributed by atoms with Crippen molar-refractivity contribution >= 4 is 0 Å². The molecule has 3 aromatic heterocycles. The highest BCUT2D eigenvalue weighted by atomic mass is 16.5. The van der Waals surface area contributed by atoms with Gasteiger partial charge >= 0.3 is 0 Å². The van der Waals surface area contributed by atoms with Crippen LogP contribution in [0.2, 0.25) is 0 Å². The molecular formula is C18H26N6O. The van der Waals surface area contributed by atoms with Crippen molar-refractivity contribution in [2.24, 2.45) is 14.1 Å². The van der Waals surface area contributed by atoms with Crippen molar-refractivity contribution < 1.29 is 4.52 Å². The molecule has 0 radical (unpaired) electrons. The van der Waals surface area contributed by atoms with Gasteiger partial charge in [0.1, 0.15) is 0 Å². The van der Waals surface area contributed by atoms with Gasteiger partial charge in [0, 0.05) is 31.9 Å². The van der Waals surface area contributed by atoms with Crippen LogP contribution in [0.25, 0.3) is 11.4 Å². The quantitative estimate of drug-likeness (QED) is 0.711. The second kappa shape index (κ2) is 6.46. The largest absolute Gasteiger partial charge is 0.339 e. The lowest BCUT2D eigenvalue weighted by atomic mass is 9.99. The first-order chi connectivity index (χ1) is 11.8. The van der Waals surface area contributed by atoms with Gasteiger partial charge in [-0.2, -0.15) is 15.2 Å². The minimum absolute atomic E-state index is 0.127. The Labute approximate surface area is 148 Å². The molecule has 134 valence electrons. The predicted molar refractivity (Wildman–Crippen MR) is 95.4 cm³/mol. The minimum atomic E-state index is 0.127. The standard InChI is InChI=1S/C18H26N6O/c1-10(2)16-15(9-23(6)21-16)17-19-18(25-22-17)11(3)8-14-12(4)20-24(7)13(14)5/h9-11H,8H2,1-7H3. The lowest BCUT2D eigenvalue weighted by molar-refractivity contribution is 0.358. The Morgan fingerprint density at radius 3 is 2.44 bits per heavy atom.